The lowest BCUT2D eigenvalue weighted by atomic mass is 9.96. The van der Waals surface area contributed by atoms with Gasteiger partial charge in [-0.3, -0.25) is 4.98 Å². The third-order valence-electron chi connectivity index (χ3n) is 5.45. The first-order chi connectivity index (χ1) is 14.3. The monoisotopic (exact) mass is 405 g/mol. The largest absolute Gasteiger partial charge is 0.464 e. The Labute approximate surface area is 172 Å². The lowest BCUT2D eigenvalue weighted by molar-refractivity contribution is -0.0190. The van der Waals surface area contributed by atoms with Gasteiger partial charge in [-0.05, 0) is 48.5 Å². The summed E-state index contributed by atoms with van der Waals surface area (Å²) in [6.07, 6.45) is 3.95. The molecule has 3 aliphatic heterocycles. The molecule has 0 bridgehead atoms. The number of nitrogens with zero attached hydrogens (tertiary/aromatic N) is 3. The van der Waals surface area contributed by atoms with Crippen molar-refractivity contribution in [1.82, 2.24) is 9.99 Å². The molecule has 0 amide bonds. The number of halogens is 1. The molecule has 0 spiro atoms. The topological polar surface area (TPSA) is 56.2 Å². The molecule has 0 unspecified atom stereocenters. The van der Waals surface area contributed by atoms with Crippen molar-refractivity contribution in [2.24, 2.45) is 5.10 Å². The maximum atomic E-state index is 6.33. The molecule has 0 saturated heterocycles. The van der Waals surface area contributed by atoms with Gasteiger partial charge < -0.3 is 14.2 Å². The zero-order valence-electron chi connectivity index (χ0n) is 15.3. The highest BCUT2D eigenvalue weighted by atomic mass is 35.5. The zero-order chi connectivity index (χ0) is 19.4. The van der Waals surface area contributed by atoms with Crippen LogP contribution in [0.15, 0.2) is 66.0 Å². The molecule has 144 valence electrons. The second-order valence-electron chi connectivity index (χ2n) is 7.15. The SMILES string of the molecule is Clc1ccc2c(c1)[C@@H]1CC(c3ccc4c(c3)OCO4)=NN1[C@H](c1ccncc1)O2. The number of hydrogen-bond acceptors (Lipinski definition) is 6. The van der Waals surface area contributed by atoms with Gasteiger partial charge in [0.25, 0.3) is 0 Å². The van der Waals surface area contributed by atoms with Gasteiger partial charge >= 0.3 is 0 Å². The molecule has 0 aliphatic carbocycles. The third-order valence-corrected chi connectivity index (χ3v) is 5.68. The van der Waals surface area contributed by atoms with Crippen LogP contribution >= 0.6 is 11.6 Å². The number of benzene rings is 2. The minimum absolute atomic E-state index is 0.0380. The van der Waals surface area contributed by atoms with Crippen molar-refractivity contribution in [3.63, 3.8) is 0 Å². The van der Waals surface area contributed by atoms with Gasteiger partial charge in [-0.25, -0.2) is 5.01 Å². The molecular formula is C22H16ClN3O3. The number of pyridine rings is 1. The summed E-state index contributed by atoms with van der Waals surface area (Å²) >= 11 is 6.29. The molecule has 2 aromatic carbocycles. The van der Waals surface area contributed by atoms with E-state index in [-0.39, 0.29) is 19.1 Å². The van der Waals surface area contributed by atoms with Crippen molar-refractivity contribution in [2.75, 3.05) is 6.79 Å². The quantitative estimate of drug-likeness (QED) is 0.618. The van der Waals surface area contributed by atoms with Gasteiger partial charge in [-0.1, -0.05) is 11.6 Å². The summed E-state index contributed by atoms with van der Waals surface area (Å²) in [6, 6.07) is 15.6. The van der Waals surface area contributed by atoms with E-state index >= 15 is 0 Å². The molecule has 7 heteroatoms. The fourth-order valence-electron chi connectivity index (χ4n) is 4.06. The van der Waals surface area contributed by atoms with Gasteiger partial charge in [0.1, 0.15) is 5.75 Å². The van der Waals surface area contributed by atoms with Crippen LogP contribution in [0, 0.1) is 0 Å². The highest BCUT2D eigenvalue weighted by Crippen LogP contribution is 2.48. The number of hydrogen-bond donors (Lipinski definition) is 0. The van der Waals surface area contributed by atoms with E-state index < -0.39 is 0 Å². The first-order valence-corrected chi connectivity index (χ1v) is 9.76. The molecule has 3 aromatic rings. The van der Waals surface area contributed by atoms with E-state index in [2.05, 4.69) is 4.98 Å². The maximum absolute atomic E-state index is 6.33. The van der Waals surface area contributed by atoms with Crippen molar-refractivity contribution in [3.05, 3.63) is 82.6 Å². The van der Waals surface area contributed by atoms with Crippen molar-refractivity contribution in [2.45, 2.75) is 18.7 Å². The standard InChI is InChI=1S/C22H16ClN3O3/c23-15-2-4-19-16(10-15)18-11-17(14-1-3-20-21(9-14)28-12-27-20)25-26(18)22(29-19)13-5-7-24-8-6-13/h1-10,18,22H,11-12H2/t18-,22-/m0/s1. The summed E-state index contributed by atoms with van der Waals surface area (Å²) in [4.78, 5) is 4.12. The third kappa shape index (κ3) is 2.71. The van der Waals surface area contributed by atoms with Gasteiger partial charge in [0.15, 0.2) is 11.5 Å². The number of hydrazone groups is 1. The summed E-state index contributed by atoms with van der Waals surface area (Å²) in [7, 11) is 0. The van der Waals surface area contributed by atoms with E-state index in [0.29, 0.717) is 5.02 Å². The van der Waals surface area contributed by atoms with Crippen molar-refractivity contribution in [1.29, 1.82) is 0 Å². The molecule has 4 heterocycles. The Bertz CT molecular complexity index is 1140. The van der Waals surface area contributed by atoms with Crippen LogP contribution in [0.25, 0.3) is 0 Å². The van der Waals surface area contributed by atoms with E-state index in [1.54, 1.807) is 12.4 Å². The summed E-state index contributed by atoms with van der Waals surface area (Å²) in [5, 5.41) is 7.67. The maximum Gasteiger partial charge on any atom is 0.231 e. The predicted octanol–water partition coefficient (Wildman–Crippen LogP) is 4.71. The van der Waals surface area contributed by atoms with E-state index in [0.717, 1.165) is 46.1 Å². The fourth-order valence-corrected chi connectivity index (χ4v) is 4.24. The second-order valence-corrected chi connectivity index (χ2v) is 7.58. The average molecular weight is 406 g/mol. The molecule has 6 nitrogen and oxygen atoms in total. The average Bonchev–Trinajstić information content (AvgIpc) is 3.40. The lowest BCUT2D eigenvalue weighted by Gasteiger charge is -2.38. The highest BCUT2D eigenvalue weighted by molar-refractivity contribution is 6.30. The zero-order valence-corrected chi connectivity index (χ0v) is 16.0. The Morgan fingerprint density at radius 1 is 0.931 bits per heavy atom. The Hall–Kier alpha value is -3.25. The van der Waals surface area contributed by atoms with Gasteiger partial charge in [0.2, 0.25) is 13.0 Å². The molecule has 0 saturated carbocycles. The summed E-state index contributed by atoms with van der Waals surface area (Å²) in [6.45, 7) is 0.254. The fraction of sp³-hybridized carbons (Fsp3) is 0.182. The predicted molar refractivity (Wildman–Crippen MR) is 107 cm³/mol. The first kappa shape index (κ1) is 16.7. The van der Waals surface area contributed by atoms with Gasteiger partial charge in [-0.2, -0.15) is 5.10 Å². The highest BCUT2D eigenvalue weighted by Gasteiger charge is 2.41. The first-order valence-electron chi connectivity index (χ1n) is 9.38. The van der Waals surface area contributed by atoms with Gasteiger partial charge in [0.05, 0.1) is 11.8 Å². The van der Waals surface area contributed by atoms with Crippen LogP contribution in [0.3, 0.4) is 0 Å². The number of aromatic nitrogens is 1. The Morgan fingerprint density at radius 2 is 1.76 bits per heavy atom. The summed E-state index contributed by atoms with van der Waals surface area (Å²) in [5.41, 5.74) is 4.04. The minimum atomic E-state index is -0.330. The van der Waals surface area contributed by atoms with Gasteiger partial charge in [0, 0.05) is 40.5 Å². The van der Waals surface area contributed by atoms with Crippen LogP contribution in [0.2, 0.25) is 5.02 Å². The Kier molecular flexibility index (Phi) is 3.67. The van der Waals surface area contributed by atoms with Gasteiger partial charge in [-0.15, -0.1) is 0 Å². The molecule has 1 aromatic heterocycles. The normalized spacial score (nSPS) is 21.3. The number of fused-ring (bicyclic) bond motifs is 4. The number of rotatable bonds is 2. The summed E-state index contributed by atoms with van der Waals surface area (Å²) < 4.78 is 17.3. The summed E-state index contributed by atoms with van der Waals surface area (Å²) in [5.74, 6) is 2.35. The molecule has 29 heavy (non-hydrogen) atoms. The number of ether oxygens (including phenoxy) is 3. The molecule has 3 aliphatic rings. The van der Waals surface area contributed by atoms with Crippen LogP contribution in [-0.4, -0.2) is 22.5 Å². The van der Waals surface area contributed by atoms with Crippen LogP contribution < -0.4 is 14.2 Å². The van der Waals surface area contributed by atoms with Crippen molar-refractivity contribution in [3.8, 4) is 17.2 Å². The minimum Gasteiger partial charge on any atom is -0.464 e. The van der Waals surface area contributed by atoms with E-state index in [4.69, 9.17) is 30.9 Å². The molecule has 6 rings (SSSR count). The van der Waals surface area contributed by atoms with E-state index in [1.165, 1.54) is 0 Å². The van der Waals surface area contributed by atoms with E-state index in [9.17, 15) is 0 Å². The molecular weight excluding hydrogens is 390 g/mol. The van der Waals surface area contributed by atoms with Crippen LogP contribution in [-0.2, 0) is 0 Å². The molecule has 0 N–H and O–H groups in total. The lowest BCUT2D eigenvalue weighted by Crippen LogP contribution is -2.33. The Morgan fingerprint density at radius 3 is 2.66 bits per heavy atom. The van der Waals surface area contributed by atoms with Crippen molar-refractivity contribution < 1.29 is 14.2 Å². The smallest absolute Gasteiger partial charge is 0.231 e. The van der Waals surface area contributed by atoms with E-state index in [1.807, 2.05) is 53.5 Å². The van der Waals surface area contributed by atoms with Crippen molar-refractivity contribution >= 4 is 17.3 Å². The molecule has 0 fully saturated rings. The molecule has 2 atom stereocenters. The second kappa shape index (κ2) is 6.39. The molecule has 0 radical (unpaired) electrons. The van der Waals surface area contributed by atoms with Crippen LogP contribution in [0.1, 0.15) is 35.4 Å². The van der Waals surface area contributed by atoms with Crippen LogP contribution in [0.4, 0.5) is 0 Å². The Balaban J connectivity index is 1.44. The van der Waals surface area contributed by atoms with Crippen LogP contribution in [0.5, 0.6) is 17.2 Å².